The second kappa shape index (κ2) is 5.37. The van der Waals surface area contributed by atoms with E-state index in [9.17, 15) is 8.42 Å². The molecule has 110 valence electrons. The Morgan fingerprint density at radius 2 is 1.60 bits per heavy atom. The molecule has 0 radical (unpaired) electrons. The summed E-state index contributed by atoms with van der Waals surface area (Å²) in [4.78, 5) is 0.350. The lowest BCUT2D eigenvalue weighted by Crippen LogP contribution is -2.28. The Hall–Kier alpha value is -1.07. The van der Waals surface area contributed by atoms with Crippen molar-refractivity contribution in [3.05, 3.63) is 23.3 Å². The minimum atomic E-state index is -3.41. The smallest absolute Gasteiger partial charge is 0.246 e. The molecular formula is C15H21NO3S. The summed E-state index contributed by atoms with van der Waals surface area (Å²) in [5.41, 5.74) is 2.42. The van der Waals surface area contributed by atoms with Gasteiger partial charge in [0.15, 0.2) is 0 Å². The molecule has 1 saturated heterocycles. The molecule has 5 heteroatoms. The Morgan fingerprint density at radius 3 is 2.20 bits per heavy atom. The summed E-state index contributed by atoms with van der Waals surface area (Å²) < 4.78 is 32.4. The quantitative estimate of drug-likeness (QED) is 0.860. The van der Waals surface area contributed by atoms with Crippen LogP contribution in [0.15, 0.2) is 17.0 Å². The number of sulfonamides is 1. The van der Waals surface area contributed by atoms with Crippen molar-refractivity contribution in [3.8, 4) is 5.75 Å². The number of nitrogens with zero attached hydrogens (tertiary/aromatic N) is 1. The zero-order valence-electron chi connectivity index (χ0n) is 11.9. The molecule has 1 aromatic rings. The van der Waals surface area contributed by atoms with Gasteiger partial charge in [-0.15, -0.1) is 0 Å². The molecule has 0 amide bonds. The third-order valence-electron chi connectivity index (χ3n) is 4.31. The van der Waals surface area contributed by atoms with Crippen molar-refractivity contribution in [1.82, 2.24) is 4.31 Å². The maximum absolute atomic E-state index is 12.7. The van der Waals surface area contributed by atoms with Crippen molar-refractivity contribution in [2.24, 2.45) is 0 Å². The van der Waals surface area contributed by atoms with Crippen molar-refractivity contribution in [2.75, 3.05) is 20.2 Å². The number of methoxy groups -OCH3 is 1. The molecule has 0 saturated carbocycles. The third kappa shape index (κ3) is 2.33. The molecule has 0 unspecified atom stereocenters. The van der Waals surface area contributed by atoms with Gasteiger partial charge in [-0.1, -0.05) is 0 Å². The molecule has 0 aromatic heterocycles. The van der Waals surface area contributed by atoms with Gasteiger partial charge in [-0.3, -0.25) is 0 Å². The molecule has 0 atom stereocenters. The number of hydrogen-bond donors (Lipinski definition) is 0. The lowest BCUT2D eigenvalue weighted by molar-refractivity contribution is 0.397. The van der Waals surface area contributed by atoms with Crippen LogP contribution in [0.4, 0.5) is 0 Å². The SMILES string of the molecule is COc1cc2c(cc1S(=O)(=O)N1CCCC1)CCCC2. The second-order valence-electron chi connectivity index (χ2n) is 5.59. The van der Waals surface area contributed by atoms with E-state index in [2.05, 4.69) is 0 Å². The van der Waals surface area contributed by atoms with Gasteiger partial charge < -0.3 is 4.74 Å². The Morgan fingerprint density at radius 1 is 1.00 bits per heavy atom. The van der Waals surface area contributed by atoms with Crippen LogP contribution in [-0.2, 0) is 22.9 Å². The van der Waals surface area contributed by atoms with Gasteiger partial charge in [0.05, 0.1) is 7.11 Å². The zero-order chi connectivity index (χ0) is 14.2. The maximum atomic E-state index is 12.7. The molecule has 0 N–H and O–H groups in total. The molecule has 2 aliphatic rings. The summed E-state index contributed by atoms with van der Waals surface area (Å²) in [6.45, 7) is 1.26. The van der Waals surface area contributed by atoms with E-state index in [1.807, 2.05) is 12.1 Å². The van der Waals surface area contributed by atoms with Crippen LogP contribution in [0, 0.1) is 0 Å². The minimum absolute atomic E-state index is 0.350. The van der Waals surface area contributed by atoms with Crippen LogP contribution in [0.25, 0.3) is 0 Å². The molecule has 4 nitrogen and oxygen atoms in total. The molecule has 1 heterocycles. The molecule has 3 rings (SSSR count). The highest BCUT2D eigenvalue weighted by Crippen LogP contribution is 2.34. The van der Waals surface area contributed by atoms with Crippen LogP contribution in [-0.4, -0.2) is 32.9 Å². The average Bonchev–Trinajstić information content (AvgIpc) is 3.00. The summed E-state index contributed by atoms with van der Waals surface area (Å²) >= 11 is 0. The van der Waals surface area contributed by atoms with E-state index in [1.165, 1.54) is 17.5 Å². The number of benzene rings is 1. The molecule has 20 heavy (non-hydrogen) atoms. The average molecular weight is 295 g/mol. The summed E-state index contributed by atoms with van der Waals surface area (Å²) in [6, 6.07) is 3.78. The molecule has 0 bridgehead atoms. The number of ether oxygens (including phenoxy) is 1. The fraction of sp³-hybridized carbons (Fsp3) is 0.600. The third-order valence-corrected chi connectivity index (χ3v) is 6.23. The van der Waals surface area contributed by atoms with E-state index in [4.69, 9.17) is 4.74 Å². The topological polar surface area (TPSA) is 46.6 Å². The number of aryl methyl sites for hydroxylation is 2. The van der Waals surface area contributed by atoms with E-state index >= 15 is 0 Å². The van der Waals surface area contributed by atoms with E-state index in [0.717, 1.165) is 32.1 Å². The summed E-state index contributed by atoms with van der Waals surface area (Å²) in [6.07, 6.45) is 6.22. The first kappa shape index (κ1) is 13.9. The normalized spacial score (nSPS) is 19.9. The summed E-state index contributed by atoms with van der Waals surface area (Å²) in [5, 5.41) is 0. The lowest BCUT2D eigenvalue weighted by Gasteiger charge is -2.22. The van der Waals surface area contributed by atoms with Gasteiger partial charge in [0, 0.05) is 13.1 Å². The van der Waals surface area contributed by atoms with Gasteiger partial charge >= 0.3 is 0 Å². The number of fused-ring (bicyclic) bond motifs is 1. The van der Waals surface area contributed by atoms with Crippen molar-refractivity contribution < 1.29 is 13.2 Å². The van der Waals surface area contributed by atoms with Crippen LogP contribution in [0.5, 0.6) is 5.75 Å². The van der Waals surface area contributed by atoms with Crippen LogP contribution < -0.4 is 4.74 Å². The Balaban J connectivity index is 2.07. The molecule has 0 spiro atoms. The van der Waals surface area contributed by atoms with Gasteiger partial charge in [0.2, 0.25) is 10.0 Å². The second-order valence-corrected chi connectivity index (χ2v) is 7.50. The van der Waals surface area contributed by atoms with Crippen LogP contribution in [0.2, 0.25) is 0 Å². The Kier molecular flexibility index (Phi) is 3.73. The molecule has 1 aromatic carbocycles. The molecule has 1 aliphatic carbocycles. The summed E-state index contributed by atoms with van der Waals surface area (Å²) in [7, 11) is -1.86. The van der Waals surface area contributed by atoms with Crippen molar-refractivity contribution >= 4 is 10.0 Å². The molecule has 1 fully saturated rings. The van der Waals surface area contributed by atoms with Gasteiger partial charge in [-0.25, -0.2) is 8.42 Å². The van der Waals surface area contributed by atoms with E-state index in [-0.39, 0.29) is 0 Å². The monoisotopic (exact) mass is 295 g/mol. The maximum Gasteiger partial charge on any atom is 0.246 e. The van der Waals surface area contributed by atoms with Crippen LogP contribution in [0.1, 0.15) is 36.8 Å². The number of rotatable bonds is 3. The van der Waals surface area contributed by atoms with E-state index in [0.29, 0.717) is 23.7 Å². The van der Waals surface area contributed by atoms with Gasteiger partial charge in [-0.2, -0.15) is 4.31 Å². The minimum Gasteiger partial charge on any atom is -0.495 e. The highest BCUT2D eigenvalue weighted by Gasteiger charge is 2.31. The predicted molar refractivity (Wildman–Crippen MR) is 77.6 cm³/mol. The fourth-order valence-electron chi connectivity index (χ4n) is 3.17. The summed E-state index contributed by atoms with van der Waals surface area (Å²) in [5.74, 6) is 0.498. The first-order chi connectivity index (χ1) is 9.63. The molecule has 1 aliphatic heterocycles. The van der Waals surface area contributed by atoms with E-state index < -0.39 is 10.0 Å². The van der Waals surface area contributed by atoms with Crippen molar-refractivity contribution in [2.45, 2.75) is 43.4 Å². The highest BCUT2D eigenvalue weighted by atomic mass is 32.2. The van der Waals surface area contributed by atoms with Gasteiger partial charge in [0.1, 0.15) is 10.6 Å². The zero-order valence-corrected chi connectivity index (χ0v) is 12.7. The van der Waals surface area contributed by atoms with Crippen molar-refractivity contribution in [3.63, 3.8) is 0 Å². The first-order valence-corrected chi connectivity index (χ1v) is 8.77. The van der Waals surface area contributed by atoms with Gasteiger partial charge in [-0.05, 0) is 61.8 Å². The highest BCUT2D eigenvalue weighted by molar-refractivity contribution is 7.89. The standard InChI is InChI=1S/C15H21NO3S/c1-19-14-10-12-6-2-3-7-13(12)11-15(14)20(17,18)16-8-4-5-9-16/h10-11H,2-9H2,1H3. The Labute approximate surface area is 120 Å². The fourth-order valence-corrected chi connectivity index (χ4v) is 4.87. The van der Waals surface area contributed by atoms with Gasteiger partial charge in [0.25, 0.3) is 0 Å². The van der Waals surface area contributed by atoms with E-state index in [1.54, 1.807) is 11.4 Å². The predicted octanol–water partition coefficient (Wildman–Crippen LogP) is 2.36. The van der Waals surface area contributed by atoms with Crippen LogP contribution in [0.3, 0.4) is 0 Å². The lowest BCUT2D eigenvalue weighted by atomic mass is 9.92. The largest absolute Gasteiger partial charge is 0.495 e. The van der Waals surface area contributed by atoms with Crippen LogP contribution >= 0.6 is 0 Å². The van der Waals surface area contributed by atoms with Crippen molar-refractivity contribution in [1.29, 1.82) is 0 Å². The first-order valence-electron chi connectivity index (χ1n) is 7.33. The number of hydrogen-bond acceptors (Lipinski definition) is 3. The Bertz CT molecular complexity index is 604. The molecular weight excluding hydrogens is 274 g/mol.